The van der Waals surface area contributed by atoms with E-state index in [2.05, 4.69) is 9.71 Å². The molecule has 0 aromatic rings. The average Bonchev–Trinajstić information content (AvgIpc) is 2.95. The van der Waals surface area contributed by atoms with Crippen molar-refractivity contribution in [3.63, 3.8) is 0 Å². The summed E-state index contributed by atoms with van der Waals surface area (Å²) in [5.74, 6) is -0.121. The number of hydrogen-bond donors (Lipinski definition) is 3. The Hall–Kier alpha value is -1.35. The number of amides is 1. The van der Waals surface area contributed by atoms with Crippen LogP contribution < -0.4 is 16.2 Å². The molecule has 0 radical (unpaired) electrons. The van der Waals surface area contributed by atoms with E-state index < -0.39 is 16.1 Å². The summed E-state index contributed by atoms with van der Waals surface area (Å²) in [4.78, 5) is 17.7. The molecule has 22 heavy (non-hydrogen) atoms. The molecule has 1 atom stereocenters. The van der Waals surface area contributed by atoms with Gasteiger partial charge in [-0.25, -0.2) is 8.42 Å². The molecule has 1 saturated heterocycles. The molecule has 1 heterocycles. The number of sulfonamides is 1. The second-order valence-electron chi connectivity index (χ2n) is 5.47. The number of carbonyl (C=O) groups is 1. The van der Waals surface area contributed by atoms with Crippen LogP contribution in [0.2, 0.25) is 0 Å². The van der Waals surface area contributed by atoms with Crippen molar-refractivity contribution < 1.29 is 13.2 Å². The first kappa shape index (κ1) is 18.7. The van der Waals surface area contributed by atoms with Gasteiger partial charge in [-0.2, -0.15) is 0 Å². The van der Waals surface area contributed by atoms with Crippen molar-refractivity contribution >= 4 is 21.9 Å². The number of nitrogens with zero attached hydrogens (tertiary/aromatic N) is 2. The van der Waals surface area contributed by atoms with E-state index in [1.54, 1.807) is 11.8 Å². The second kappa shape index (κ2) is 8.94. The fourth-order valence-corrected chi connectivity index (χ4v) is 3.34. The van der Waals surface area contributed by atoms with Gasteiger partial charge in [-0.1, -0.05) is 6.92 Å². The Labute approximate surface area is 132 Å². The van der Waals surface area contributed by atoms with Crippen molar-refractivity contribution in [2.75, 3.05) is 25.4 Å². The highest BCUT2D eigenvalue weighted by Crippen LogP contribution is 2.10. The van der Waals surface area contributed by atoms with E-state index in [-0.39, 0.29) is 17.6 Å². The number of nitrogens with one attached hydrogen (secondary N) is 1. The lowest BCUT2D eigenvalue weighted by atomic mass is 10.1. The molecule has 0 saturated carbocycles. The Morgan fingerprint density at radius 3 is 2.59 bits per heavy atom. The quantitative estimate of drug-likeness (QED) is 0.309. The molecule has 0 aliphatic carbocycles. The predicted octanol–water partition coefficient (Wildman–Crippen LogP) is -0.640. The van der Waals surface area contributed by atoms with Crippen molar-refractivity contribution in [1.29, 1.82) is 0 Å². The first-order valence-corrected chi connectivity index (χ1v) is 9.35. The number of rotatable bonds is 8. The predicted molar refractivity (Wildman–Crippen MR) is 86.7 cm³/mol. The Morgan fingerprint density at radius 1 is 1.36 bits per heavy atom. The molecule has 128 valence electrons. The van der Waals surface area contributed by atoms with Gasteiger partial charge in [0.05, 0.1) is 11.8 Å². The lowest BCUT2D eigenvalue weighted by Gasteiger charge is -2.19. The highest BCUT2D eigenvalue weighted by Gasteiger charge is 2.23. The molecule has 0 unspecified atom stereocenters. The number of aliphatic imine (C=N–C) groups is 1. The molecule has 1 amide bonds. The number of nitrogens with two attached hydrogens (primary N) is 2. The summed E-state index contributed by atoms with van der Waals surface area (Å²) in [5.41, 5.74) is 11.4. The zero-order valence-electron chi connectivity index (χ0n) is 13.1. The van der Waals surface area contributed by atoms with Gasteiger partial charge >= 0.3 is 0 Å². The van der Waals surface area contributed by atoms with Crippen molar-refractivity contribution in [2.24, 2.45) is 16.5 Å². The summed E-state index contributed by atoms with van der Waals surface area (Å²) in [7, 11) is -3.40. The van der Waals surface area contributed by atoms with E-state index in [1.807, 2.05) is 0 Å². The maximum Gasteiger partial charge on any atom is 0.239 e. The SMILES string of the molecule is CCCS(=O)(=O)NC(N)=NCCC[C@@H](N)C(=O)N1CCCC1. The van der Waals surface area contributed by atoms with Crippen LogP contribution in [0.4, 0.5) is 0 Å². The molecule has 0 bridgehead atoms. The van der Waals surface area contributed by atoms with Crippen molar-refractivity contribution in [3.8, 4) is 0 Å². The number of likely N-dealkylation sites (tertiary alicyclic amines) is 1. The van der Waals surface area contributed by atoms with Gasteiger partial charge in [-0.05, 0) is 32.1 Å². The van der Waals surface area contributed by atoms with Crippen molar-refractivity contribution in [3.05, 3.63) is 0 Å². The van der Waals surface area contributed by atoms with E-state index in [0.717, 1.165) is 25.9 Å². The Kier molecular flexibility index (Phi) is 7.60. The highest BCUT2D eigenvalue weighted by molar-refractivity contribution is 7.90. The molecular formula is C13H27N5O3S. The molecule has 5 N–H and O–H groups in total. The monoisotopic (exact) mass is 333 g/mol. The topological polar surface area (TPSA) is 131 Å². The third-order valence-electron chi connectivity index (χ3n) is 3.42. The molecule has 1 aliphatic heterocycles. The van der Waals surface area contributed by atoms with Gasteiger partial charge in [0, 0.05) is 19.6 Å². The van der Waals surface area contributed by atoms with Crippen LogP contribution in [0.1, 0.15) is 39.0 Å². The smallest absolute Gasteiger partial charge is 0.239 e. The Morgan fingerprint density at radius 2 is 2.00 bits per heavy atom. The van der Waals surface area contributed by atoms with Crippen molar-refractivity contribution in [1.82, 2.24) is 9.62 Å². The number of guanidine groups is 1. The molecular weight excluding hydrogens is 306 g/mol. The largest absolute Gasteiger partial charge is 0.369 e. The average molecular weight is 333 g/mol. The van der Waals surface area contributed by atoms with Gasteiger partial charge in [-0.15, -0.1) is 0 Å². The standard InChI is InChI=1S/C13H27N5O3S/c1-2-10-22(20,21)17-13(15)16-7-5-6-11(14)12(19)18-8-3-4-9-18/h11H,2-10,14H2,1H3,(H3,15,16,17)/t11-/m1/s1. The van der Waals surface area contributed by atoms with E-state index in [9.17, 15) is 13.2 Å². The van der Waals surface area contributed by atoms with Crippen LogP contribution in [0.25, 0.3) is 0 Å². The Balaban J connectivity index is 2.28. The van der Waals surface area contributed by atoms with Gasteiger partial charge in [0.15, 0.2) is 0 Å². The van der Waals surface area contributed by atoms with E-state index in [0.29, 0.717) is 25.8 Å². The fourth-order valence-electron chi connectivity index (χ4n) is 2.32. The van der Waals surface area contributed by atoms with Gasteiger partial charge in [0.1, 0.15) is 0 Å². The minimum atomic E-state index is -3.40. The molecule has 9 heteroatoms. The summed E-state index contributed by atoms with van der Waals surface area (Å²) in [6, 6.07) is -0.522. The van der Waals surface area contributed by atoms with Crippen LogP contribution in [-0.4, -0.2) is 56.6 Å². The maximum atomic E-state index is 12.0. The normalized spacial score (nSPS) is 17.5. The van der Waals surface area contributed by atoms with Gasteiger partial charge < -0.3 is 16.4 Å². The molecule has 1 aliphatic rings. The zero-order chi connectivity index (χ0) is 16.6. The Bertz CT molecular complexity index is 486. The van der Waals surface area contributed by atoms with E-state index >= 15 is 0 Å². The van der Waals surface area contributed by atoms with Crippen LogP contribution in [-0.2, 0) is 14.8 Å². The third-order valence-corrected chi connectivity index (χ3v) is 4.89. The minimum absolute atomic E-state index is 0.0123. The van der Waals surface area contributed by atoms with E-state index in [4.69, 9.17) is 11.5 Å². The summed E-state index contributed by atoms with van der Waals surface area (Å²) in [6.45, 7) is 3.68. The summed E-state index contributed by atoms with van der Waals surface area (Å²) in [5, 5.41) is 0. The molecule has 1 rings (SSSR count). The molecule has 0 spiro atoms. The first-order valence-electron chi connectivity index (χ1n) is 7.70. The number of carbonyl (C=O) groups excluding carboxylic acids is 1. The summed E-state index contributed by atoms with van der Waals surface area (Å²) >= 11 is 0. The van der Waals surface area contributed by atoms with Crippen molar-refractivity contribution in [2.45, 2.75) is 45.1 Å². The van der Waals surface area contributed by atoms with Crippen LogP contribution in [0.3, 0.4) is 0 Å². The second-order valence-corrected chi connectivity index (χ2v) is 7.31. The highest BCUT2D eigenvalue weighted by atomic mass is 32.2. The molecule has 0 aromatic heterocycles. The van der Waals surface area contributed by atoms with Gasteiger partial charge in [0.2, 0.25) is 21.9 Å². The third kappa shape index (κ3) is 6.61. The molecule has 0 aromatic carbocycles. The van der Waals surface area contributed by atoms with Crippen LogP contribution in [0, 0.1) is 0 Å². The fraction of sp³-hybridized carbons (Fsp3) is 0.846. The summed E-state index contributed by atoms with van der Waals surface area (Å²) < 4.78 is 25.2. The zero-order valence-corrected chi connectivity index (χ0v) is 13.9. The van der Waals surface area contributed by atoms with Crippen LogP contribution in [0.5, 0.6) is 0 Å². The summed E-state index contributed by atoms with van der Waals surface area (Å²) in [6.07, 6.45) is 3.68. The van der Waals surface area contributed by atoms with Crippen LogP contribution >= 0.6 is 0 Å². The minimum Gasteiger partial charge on any atom is -0.369 e. The number of hydrogen-bond acceptors (Lipinski definition) is 5. The molecule has 8 nitrogen and oxygen atoms in total. The molecule has 1 fully saturated rings. The van der Waals surface area contributed by atoms with Crippen LogP contribution in [0.15, 0.2) is 4.99 Å². The maximum absolute atomic E-state index is 12.0. The van der Waals surface area contributed by atoms with Gasteiger partial charge in [0.25, 0.3) is 0 Å². The van der Waals surface area contributed by atoms with Gasteiger partial charge in [-0.3, -0.25) is 14.5 Å². The van der Waals surface area contributed by atoms with E-state index in [1.165, 1.54) is 0 Å². The lowest BCUT2D eigenvalue weighted by Crippen LogP contribution is -2.42. The first-order chi connectivity index (χ1) is 10.4. The lowest BCUT2D eigenvalue weighted by molar-refractivity contribution is -0.131.